The summed E-state index contributed by atoms with van der Waals surface area (Å²) in [6.07, 6.45) is 2.75. The third-order valence-electron chi connectivity index (χ3n) is 8.71. The van der Waals surface area contributed by atoms with Crippen molar-refractivity contribution in [2.24, 2.45) is 0 Å². The third kappa shape index (κ3) is 11.3. The summed E-state index contributed by atoms with van der Waals surface area (Å²) in [5.41, 5.74) is 4.37. The van der Waals surface area contributed by atoms with Gasteiger partial charge >= 0.3 is 5.97 Å². The Bertz CT molecular complexity index is 1770. The number of rotatable bonds is 9. The van der Waals surface area contributed by atoms with Gasteiger partial charge in [0.2, 0.25) is 27.2 Å². The van der Waals surface area contributed by atoms with Crippen molar-refractivity contribution in [3.63, 3.8) is 0 Å². The molecule has 0 bridgehead atoms. The van der Waals surface area contributed by atoms with Gasteiger partial charge in [0.1, 0.15) is 0 Å². The molecule has 0 unspecified atom stereocenters. The van der Waals surface area contributed by atoms with Crippen LogP contribution in [0.25, 0.3) is 0 Å². The lowest BCUT2D eigenvalue weighted by atomic mass is 10.1. The molecule has 13 nitrogen and oxygen atoms in total. The molecule has 5 heterocycles. The summed E-state index contributed by atoms with van der Waals surface area (Å²) in [4.78, 5) is 12.8. The molecule has 54 heavy (non-hydrogen) atoms. The van der Waals surface area contributed by atoms with E-state index in [1.54, 1.807) is 18.2 Å². The summed E-state index contributed by atoms with van der Waals surface area (Å²) in [5, 5.41) is 18.2. The van der Waals surface area contributed by atoms with Gasteiger partial charge in [-0.15, -0.1) is 0 Å². The highest BCUT2D eigenvalue weighted by Gasteiger charge is 2.17. The number of aliphatic carboxylic acids is 1. The zero-order valence-electron chi connectivity index (χ0n) is 29.8. The maximum atomic E-state index is 10.4. The average Bonchev–Trinajstić information content (AvgIpc) is 4.02. The number of carboxylic acids is 1. The highest BCUT2D eigenvalue weighted by molar-refractivity contribution is 9.09. The molecule has 0 saturated carbocycles. The van der Waals surface area contributed by atoms with E-state index in [9.17, 15) is 4.79 Å². The molecule has 1 saturated heterocycles. The molecule has 0 atom stereocenters. The van der Waals surface area contributed by atoms with Crippen LogP contribution >= 0.6 is 15.9 Å². The molecule has 5 aliphatic heterocycles. The average molecular weight is 811 g/mol. The number of halogens is 1. The predicted octanol–water partition coefficient (Wildman–Crippen LogP) is 5.64. The van der Waals surface area contributed by atoms with E-state index < -0.39 is 5.97 Å². The molecular formula is C40H44BrNO12. The Morgan fingerprint density at radius 3 is 1.37 bits per heavy atom. The Morgan fingerprint density at radius 1 is 0.556 bits per heavy atom. The van der Waals surface area contributed by atoms with Crippen LogP contribution in [0.4, 0.5) is 0 Å². The van der Waals surface area contributed by atoms with E-state index in [1.807, 2.05) is 36.4 Å². The zero-order chi connectivity index (χ0) is 37.5. The summed E-state index contributed by atoms with van der Waals surface area (Å²) >= 11 is 3.39. The quantitative estimate of drug-likeness (QED) is 0.202. The molecule has 5 aliphatic rings. The normalized spacial score (nSPS) is 15.2. The highest BCUT2D eigenvalue weighted by atomic mass is 79.9. The molecule has 4 aromatic carbocycles. The van der Waals surface area contributed by atoms with Gasteiger partial charge in [-0.3, -0.25) is 9.69 Å². The number of fused-ring (bicyclic) bond motifs is 4. The number of hydrogen-bond donors (Lipinski definition) is 2. The molecule has 2 N–H and O–H groups in total. The number of carboxylic acid groups (broad SMARTS) is 1. The van der Waals surface area contributed by atoms with Crippen molar-refractivity contribution >= 4 is 21.9 Å². The standard InChI is InChI=1S/C13H17NO3.C9H9BrO2.C9H8O4.C9H10O3/c1-2-12-13(17-10-16-12)9-11(1)3-4-14-5-7-15-8-6-14;10-4-3-7-1-2-8-9(5-7)12-6-11-8;10-9(11)4-6-1-2-7-8(3-6)13-5-12-7;10-4-3-7-1-2-8-9(5-7)12-6-11-8/h1-2,9H,3-8,10H2;1-2,5H,3-4,6H2;1-3H,4-5H2,(H,10,11);1-2,5,10H,3-4,6H2. The number of nitrogens with zero attached hydrogens (tertiary/aromatic N) is 1. The fourth-order valence-corrected chi connectivity index (χ4v) is 6.32. The lowest BCUT2D eigenvalue weighted by Crippen LogP contribution is -2.37. The maximum Gasteiger partial charge on any atom is 0.307 e. The minimum absolute atomic E-state index is 0.0106. The first-order chi connectivity index (χ1) is 26.5. The van der Waals surface area contributed by atoms with E-state index in [-0.39, 0.29) is 19.8 Å². The van der Waals surface area contributed by atoms with Gasteiger partial charge in [0.05, 0.1) is 19.6 Å². The van der Waals surface area contributed by atoms with Crippen LogP contribution in [-0.2, 0) is 35.2 Å². The van der Waals surface area contributed by atoms with Crippen molar-refractivity contribution in [1.29, 1.82) is 0 Å². The van der Waals surface area contributed by atoms with Crippen LogP contribution in [0.5, 0.6) is 46.0 Å². The smallest absolute Gasteiger partial charge is 0.307 e. The second kappa shape index (κ2) is 20.0. The Labute approximate surface area is 322 Å². The van der Waals surface area contributed by atoms with E-state index in [1.165, 1.54) is 11.1 Å². The number of hydrogen-bond acceptors (Lipinski definition) is 12. The number of aryl methyl sites for hydroxylation is 1. The van der Waals surface area contributed by atoms with Crippen LogP contribution < -0.4 is 37.9 Å². The Balaban J connectivity index is 0.000000124. The van der Waals surface area contributed by atoms with Gasteiger partial charge < -0.3 is 52.8 Å². The number of benzene rings is 4. The van der Waals surface area contributed by atoms with Crippen molar-refractivity contribution in [1.82, 2.24) is 4.90 Å². The summed E-state index contributed by atoms with van der Waals surface area (Å²) < 4.78 is 47.0. The maximum absolute atomic E-state index is 10.4. The summed E-state index contributed by atoms with van der Waals surface area (Å²) in [5.74, 6) is 5.48. The fourth-order valence-electron chi connectivity index (χ4n) is 5.87. The fraction of sp³-hybridized carbons (Fsp3) is 0.375. The summed E-state index contributed by atoms with van der Waals surface area (Å²) in [6, 6.07) is 23.1. The SMILES string of the molecule is BrCCc1ccc2c(c1)OCO2.O=C(O)Cc1ccc2c(c1)OCO2.OCCc1ccc2c(c1)OCO2.c1cc2c(cc1CCN1CCOCC1)OCO2. The number of ether oxygens (including phenoxy) is 9. The van der Waals surface area contributed by atoms with E-state index in [2.05, 4.69) is 39.0 Å². The van der Waals surface area contributed by atoms with Crippen molar-refractivity contribution in [2.45, 2.75) is 25.7 Å². The van der Waals surface area contributed by atoms with E-state index in [4.69, 9.17) is 52.8 Å². The second-order valence-corrected chi connectivity index (χ2v) is 13.2. The van der Waals surface area contributed by atoms with Crippen molar-refractivity contribution in [3.05, 3.63) is 95.1 Å². The molecule has 0 radical (unpaired) electrons. The molecule has 0 spiro atoms. The number of aliphatic hydroxyl groups excluding tert-OH is 1. The van der Waals surface area contributed by atoms with Crippen LogP contribution in [-0.4, -0.2) is 93.0 Å². The van der Waals surface area contributed by atoms with Gasteiger partial charge in [0.25, 0.3) is 0 Å². The first-order valence-electron chi connectivity index (χ1n) is 17.7. The molecule has 9 rings (SSSR count). The lowest BCUT2D eigenvalue weighted by molar-refractivity contribution is -0.136. The number of morpholine rings is 1. The molecule has 14 heteroatoms. The molecule has 0 aliphatic carbocycles. The van der Waals surface area contributed by atoms with Gasteiger partial charge in [-0.1, -0.05) is 40.2 Å². The first kappa shape index (κ1) is 38.8. The Hall–Kier alpha value is -4.89. The molecule has 1 fully saturated rings. The molecule has 4 aromatic rings. The minimum atomic E-state index is -0.848. The van der Waals surface area contributed by atoms with Crippen LogP contribution in [0.15, 0.2) is 72.8 Å². The van der Waals surface area contributed by atoms with E-state index >= 15 is 0 Å². The molecule has 0 aromatic heterocycles. The summed E-state index contributed by atoms with van der Waals surface area (Å²) in [6.45, 7) is 6.29. The predicted molar refractivity (Wildman–Crippen MR) is 201 cm³/mol. The minimum Gasteiger partial charge on any atom is -0.481 e. The van der Waals surface area contributed by atoms with Gasteiger partial charge in [-0.2, -0.15) is 0 Å². The second-order valence-electron chi connectivity index (χ2n) is 12.4. The number of alkyl halides is 1. The third-order valence-corrected chi connectivity index (χ3v) is 9.10. The highest BCUT2D eigenvalue weighted by Crippen LogP contribution is 2.35. The van der Waals surface area contributed by atoms with Crippen molar-refractivity contribution in [2.75, 3.05) is 72.0 Å². The van der Waals surface area contributed by atoms with Gasteiger partial charge in [0, 0.05) is 31.6 Å². The van der Waals surface area contributed by atoms with Crippen LogP contribution in [0.1, 0.15) is 22.3 Å². The Kier molecular flexibility index (Phi) is 14.4. The first-order valence-corrected chi connectivity index (χ1v) is 18.8. The lowest BCUT2D eigenvalue weighted by Gasteiger charge is -2.26. The van der Waals surface area contributed by atoms with Crippen molar-refractivity contribution in [3.8, 4) is 46.0 Å². The summed E-state index contributed by atoms with van der Waals surface area (Å²) in [7, 11) is 0. The van der Waals surface area contributed by atoms with Gasteiger partial charge in [-0.05, 0) is 90.0 Å². The largest absolute Gasteiger partial charge is 0.481 e. The van der Waals surface area contributed by atoms with Gasteiger partial charge in [0.15, 0.2) is 46.0 Å². The van der Waals surface area contributed by atoms with Crippen LogP contribution in [0.2, 0.25) is 0 Å². The Morgan fingerprint density at radius 2 is 0.944 bits per heavy atom. The van der Waals surface area contributed by atoms with Crippen LogP contribution in [0, 0.1) is 0 Å². The monoisotopic (exact) mass is 809 g/mol. The molecule has 288 valence electrons. The number of carbonyl (C=O) groups is 1. The number of aliphatic hydroxyl groups is 1. The van der Waals surface area contributed by atoms with Gasteiger partial charge in [-0.25, -0.2) is 0 Å². The van der Waals surface area contributed by atoms with Crippen molar-refractivity contribution < 1.29 is 57.6 Å². The topological polar surface area (TPSA) is 144 Å². The van der Waals surface area contributed by atoms with Crippen LogP contribution in [0.3, 0.4) is 0 Å². The molecule has 0 amide bonds. The molecular weight excluding hydrogens is 766 g/mol. The zero-order valence-corrected chi connectivity index (χ0v) is 31.4. The van der Waals surface area contributed by atoms with E-state index in [0.717, 1.165) is 96.6 Å². The van der Waals surface area contributed by atoms with E-state index in [0.29, 0.717) is 38.3 Å².